The van der Waals surface area contributed by atoms with Crippen LogP contribution in [0.25, 0.3) is 0 Å². The van der Waals surface area contributed by atoms with Gasteiger partial charge in [0, 0.05) is 0 Å². The van der Waals surface area contributed by atoms with Crippen LogP contribution in [0.15, 0.2) is 60.7 Å². The van der Waals surface area contributed by atoms with Crippen LogP contribution >= 0.6 is 5.69 Å². The summed E-state index contributed by atoms with van der Waals surface area (Å²) in [6.45, 7) is 0. The van der Waals surface area contributed by atoms with Gasteiger partial charge in [-0.15, -0.1) is 0 Å². The van der Waals surface area contributed by atoms with Crippen LogP contribution in [-0.2, 0) is 42.6 Å². The van der Waals surface area contributed by atoms with Crippen LogP contribution < -0.4 is 17.7 Å². The third-order valence-corrected chi connectivity index (χ3v) is 4.22. The zero-order valence-electron chi connectivity index (χ0n) is 9.26. The van der Waals surface area contributed by atoms with E-state index < -0.39 is 5.69 Å². The number of rotatable bonds is 2. The molecule has 0 radical (unpaired) electrons. The van der Waals surface area contributed by atoms with Gasteiger partial charge in [-0.05, 0) is 0 Å². The van der Waals surface area contributed by atoms with Gasteiger partial charge in [-0.3, -0.25) is 0 Å². The van der Waals surface area contributed by atoms with Crippen LogP contribution in [0.4, 0.5) is 0 Å². The predicted octanol–water partition coefficient (Wildman–Crippen LogP) is 0.198. The normalized spacial score (nSPS) is 9.94. The molecular weight excluding hydrogens is 367 g/mol. The Morgan fingerprint density at radius 3 is 1.39 bits per heavy atom. The van der Waals surface area contributed by atoms with Crippen molar-refractivity contribution in [3.8, 4) is 0 Å². The van der Waals surface area contributed by atoms with E-state index >= 15 is 0 Å². The first kappa shape index (κ1) is 16.1. The van der Waals surface area contributed by atoms with E-state index in [-0.39, 0.29) is 18.6 Å². The summed E-state index contributed by atoms with van der Waals surface area (Å²) in [5.41, 5.74) is -3.72. The van der Waals surface area contributed by atoms with Gasteiger partial charge in [-0.2, -0.15) is 11.8 Å². The number of hydrogen-bond acceptors (Lipinski definition) is 4. The van der Waals surface area contributed by atoms with Crippen LogP contribution in [-0.4, -0.2) is 0 Å². The van der Waals surface area contributed by atoms with Crippen LogP contribution in [0.3, 0.4) is 0 Å². The van der Waals surface area contributed by atoms with Gasteiger partial charge in [-0.25, -0.2) is 0 Å². The van der Waals surface area contributed by atoms with Gasteiger partial charge in [0.2, 0.25) is 0 Å². The minimum absolute atomic E-state index is 0.153. The summed E-state index contributed by atoms with van der Waals surface area (Å²) in [4.78, 5) is 18.6. The van der Waals surface area contributed by atoms with Crippen LogP contribution in [0.2, 0.25) is 0 Å². The molecular formula is C12H10MoO2PS2. The van der Waals surface area contributed by atoms with Crippen molar-refractivity contribution in [3.63, 3.8) is 0 Å². The second kappa shape index (κ2) is 8.27. The maximum absolute atomic E-state index is 9.29. The molecule has 0 atom stereocenters. The Kier molecular flexibility index (Phi) is 7.39. The molecule has 0 bridgehead atoms. The van der Waals surface area contributed by atoms with E-state index in [1.54, 1.807) is 0 Å². The van der Waals surface area contributed by atoms with Crippen molar-refractivity contribution in [2.45, 2.75) is 0 Å². The predicted molar refractivity (Wildman–Crippen MR) is 73.8 cm³/mol. The Bertz CT molecular complexity index is 456. The summed E-state index contributed by atoms with van der Waals surface area (Å²) >= 11 is 7.13. The van der Waals surface area contributed by atoms with Gasteiger partial charge in [0.25, 0.3) is 0 Å². The summed E-state index contributed by atoms with van der Waals surface area (Å²) in [7, 11) is 0. The third kappa shape index (κ3) is 9.04. The summed E-state index contributed by atoms with van der Waals surface area (Å²) in [6.07, 6.45) is 0. The van der Waals surface area contributed by atoms with Crippen LogP contribution in [0.1, 0.15) is 0 Å². The minimum atomic E-state index is -3.72. The zero-order chi connectivity index (χ0) is 13.4. The Labute approximate surface area is 126 Å². The van der Waals surface area contributed by atoms with Crippen molar-refractivity contribution in [2.24, 2.45) is 0 Å². The van der Waals surface area contributed by atoms with Crippen LogP contribution in [0, 0.1) is 0 Å². The first-order chi connectivity index (χ1) is 8.45. The van der Waals surface area contributed by atoms with E-state index in [9.17, 15) is 9.79 Å². The second-order valence-electron chi connectivity index (χ2n) is 3.18. The van der Waals surface area contributed by atoms with Gasteiger partial charge in [0.15, 0.2) is 0 Å². The van der Waals surface area contributed by atoms with Crippen molar-refractivity contribution < 1.29 is 28.3 Å². The Balaban J connectivity index is 0.000000280. The molecule has 6 heteroatoms. The molecule has 2 rings (SSSR count). The summed E-state index contributed by atoms with van der Waals surface area (Å²) in [5, 5.41) is 0. The Hall–Kier alpha value is 0.0483. The average molecular weight is 377 g/mol. The molecule has 2 aromatic rings. The summed E-state index contributed by atoms with van der Waals surface area (Å²) < 4.78 is 3.00. The first-order valence-electron chi connectivity index (χ1n) is 4.96. The summed E-state index contributed by atoms with van der Waals surface area (Å²) in [6, 6.07) is 21.5. The second-order valence-corrected chi connectivity index (χ2v) is 10.5. The first-order valence-corrected chi connectivity index (χ1v) is 10.6. The van der Waals surface area contributed by atoms with Crippen molar-refractivity contribution in [2.75, 3.05) is 0 Å². The molecule has 0 spiro atoms. The number of benzene rings is 2. The molecule has 0 aliphatic carbocycles. The van der Waals surface area contributed by atoms with Crippen molar-refractivity contribution in [1.82, 2.24) is 0 Å². The van der Waals surface area contributed by atoms with Gasteiger partial charge < -0.3 is 27.7 Å². The molecule has 0 amide bonds. The molecule has 0 N–H and O–H groups in total. The molecule has 0 fully saturated rings. The van der Waals surface area contributed by atoms with Crippen molar-refractivity contribution >= 4 is 37.7 Å². The number of hydrogen-bond donors (Lipinski definition) is 0. The van der Waals surface area contributed by atoms with E-state index in [4.69, 9.17) is 0 Å². The molecule has 0 heterocycles. The van der Waals surface area contributed by atoms with E-state index in [2.05, 4.69) is 84.7 Å². The van der Waals surface area contributed by atoms with E-state index in [1.807, 2.05) is 0 Å². The van der Waals surface area contributed by atoms with Crippen molar-refractivity contribution in [3.05, 3.63) is 60.7 Å². The fraction of sp³-hybridized carbons (Fsp3) is 0. The molecule has 18 heavy (non-hydrogen) atoms. The zero-order valence-corrected chi connectivity index (χ0v) is 13.8. The van der Waals surface area contributed by atoms with Crippen molar-refractivity contribution in [1.29, 1.82) is 0 Å². The topological polar surface area (TPSA) is 46.1 Å². The van der Waals surface area contributed by atoms with E-state index in [1.165, 1.54) is 7.91 Å². The van der Waals surface area contributed by atoms with Gasteiger partial charge in [0.1, 0.15) is 0 Å². The molecule has 0 aromatic heterocycles. The molecule has 0 aliphatic heterocycles. The SMILES string of the molecule is [O-]P([O-])(=S)[S-].c1cc[c]([Mo+3][c]2ccccc2)cc1. The van der Waals surface area contributed by atoms with Gasteiger partial charge in [0.05, 0.1) is 0 Å². The average Bonchev–Trinajstić information content (AvgIpc) is 2.29. The van der Waals surface area contributed by atoms with E-state index in [0.29, 0.717) is 0 Å². The Morgan fingerprint density at radius 2 is 1.11 bits per heavy atom. The van der Waals surface area contributed by atoms with Gasteiger partial charge >= 0.3 is 87.1 Å². The molecule has 2 nitrogen and oxygen atoms in total. The van der Waals surface area contributed by atoms with Gasteiger partial charge in [-0.1, -0.05) is 0 Å². The quantitative estimate of drug-likeness (QED) is 0.426. The molecule has 0 saturated heterocycles. The maximum atomic E-state index is 9.29. The standard InChI is InChI=1S/2C6H5.Mo.H3O2PS2/c2*1-2-4-6-5-3-1;;1-3(2,4)5/h2*1-5H;;(H3,1,2,4,5)/q;;+3;/p-3. The van der Waals surface area contributed by atoms with E-state index in [0.717, 1.165) is 0 Å². The Morgan fingerprint density at radius 1 is 0.833 bits per heavy atom. The monoisotopic (exact) mass is 379 g/mol. The molecule has 0 aliphatic rings. The fourth-order valence-electron chi connectivity index (χ4n) is 1.11. The summed E-state index contributed by atoms with van der Waals surface area (Å²) in [5.74, 6) is 0. The molecule has 2 aromatic carbocycles. The molecule has 0 saturated carbocycles. The molecule has 0 unspecified atom stereocenters. The molecule has 93 valence electrons. The third-order valence-electron chi connectivity index (χ3n) is 1.72. The fourth-order valence-corrected chi connectivity index (χ4v) is 3.22. The van der Waals surface area contributed by atoms with Crippen LogP contribution in [0.5, 0.6) is 0 Å².